The molecule has 0 unspecified atom stereocenters. The Balaban J connectivity index is 1.42. The fraction of sp³-hybridized carbons (Fsp3) is 0.591. The van der Waals surface area contributed by atoms with E-state index in [0.717, 1.165) is 69.4 Å². The van der Waals surface area contributed by atoms with E-state index in [2.05, 4.69) is 22.0 Å². The molecule has 2 aromatic heterocycles. The molecule has 1 N–H and O–H groups in total. The standard InChI is InChI=1S/C22H28N4O2/c1-28-22(27)16-4-2-14(3-5-16)17-6-7-18-21(17)26-13-19(25-20(26)12-24-18)15-8-10-23-11-9-15/h6,12-16,23H,2-5,7-11H2,1H3. The summed E-state index contributed by atoms with van der Waals surface area (Å²) < 4.78 is 7.23. The summed E-state index contributed by atoms with van der Waals surface area (Å²) in [4.78, 5) is 21.5. The number of rotatable bonds is 3. The van der Waals surface area contributed by atoms with Crippen LogP contribution in [0.25, 0.3) is 11.2 Å². The minimum Gasteiger partial charge on any atom is -0.469 e. The predicted octanol–water partition coefficient (Wildman–Crippen LogP) is 3.12. The number of nitrogens with one attached hydrogen (secondary N) is 1. The van der Waals surface area contributed by atoms with Gasteiger partial charge in [0.15, 0.2) is 5.65 Å². The molecule has 28 heavy (non-hydrogen) atoms. The van der Waals surface area contributed by atoms with E-state index >= 15 is 0 Å². The van der Waals surface area contributed by atoms with E-state index < -0.39 is 0 Å². The number of fused-ring (bicyclic) bond motifs is 3. The summed E-state index contributed by atoms with van der Waals surface area (Å²) in [6.45, 7) is 2.15. The van der Waals surface area contributed by atoms with Gasteiger partial charge in [-0.3, -0.25) is 14.2 Å². The highest BCUT2D eigenvalue weighted by molar-refractivity contribution is 5.75. The molecule has 0 aromatic carbocycles. The van der Waals surface area contributed by atoms with Crippen LogP contribution in [0.15, 0.2) is 18.5 Å². The third-order valence-electron chi connectivity index (χ3n) is 6.85. The molecule has 2 aromatic rings. The van der Waals surface area contributed by atoms with Gasteiger partial charge in [-0.1, -0.05) is 6.08 Å². The van der Waals surface area contributed by atoms with Crippen LogP contribution in [0.1, 0.15) is 61.5 Å². The number of piperidine rings is 1. The molecule has 1 saturated carbocycles. The van der Waals surface area contributed by atoms with Gasteiger partial charge in [-0.05, 0) is 63.1 Å². The largest absolute Gasteiger partial charge is 0.469 e. The van der Waals surface area contributed by atoms with Gasteiger partial charge in [-0.25, -0.2) is 4.98 Å². The number of nitrogens with zero attached hydrogens (tertiary/aromatic N) is 3. The Morgan fingerprint density at radius 2 is 1.93 bits per heavy atom. The van der Waals surface area contributed by atoms with Crippen LogP contribution in [0.3, 0.4) is 0 Å². The number of carbonyl (C=O) groups excluding carboxylic acids is 1. The number of aromatic nitrogens is 3. The third-order valence-corrected chi connectivity index (χ3v) is 6.85. The lowest BCUT2D eigenvalue weighted by Gasteiger charge is -2.28. The second-order valence-corrected chi connectivity index (χ2v) is 8.41. The highest BCUT2D eigenvalue weighted by atomic mass is 16.5. The zero-order valence-electron chi connectivity index (χ0n) is 16.5. The molecular formula is C22H28N4O2. The number of allylic oxidation sites excluding steroid dienone is 2. The van der Waals surface area contributed by atoms with Gasteiger partial charge in [0.2, 0.25) is 0 Å². The summed E-state index contributed by atoms with van der Waals surface area (Å²) in [5.74, 6) is 1.06. The van der Waals surface area contributed by atoms with Gasteiger partial charge in [-0.2, -0.15) is 0 Å². The summed E-state index contributed by atoms with van der Waals surface area (Å²) in [5.41, 5.74) is 5.99. The van der Waals surface area contributed by atoms with Crippen LogP contribution in [0, 0.1) is 11.8 Å². The zero-order valence-corrected chi connectivity index (χ0v) is 16.5. The average molecular weight is 380 g/mol. The van der Waals surface area contributed by atoms with E-state index in [0.29, 0.717) is 11.8 Å². The van der Waals surface area contributed by atoms with Gasteiger partial charge >= 0.3 is 5.97 Å². The highest BCUT2D eigenvalue weighted by Crippen LogP contribution is 2.41. The predicted molar refractivity (Wildman–Crippen MR) is 107 cm³/mol. The maximum Gasteiger partial charge on any atom is 0.308 e. The summed E-state index contributed by atoms with van der Waals surface area (Å²) in [6, 6.07) is 0. The summed E-state index contributed by atoms with van der Waals surface area (Å²) in [5, 5.41) is 3.44. The van der Waals surface area contributed by atoms with Crippen LogP contribution in [-0.4, -0.2) is 40.5 Å². The second-order valence-electron chi connectivity index (χ2n) is 8.41. The zero-order chi connectivity index (χ0) is 19.1. The van der Waals surface area contributed by atoms with Crippen LogP contribution in [-0.2, 0) is 16.0 Å². The Bertz CT molecular complexity index is 918. The van der Waals surface area contributed by atoms with Gasteiger partial charge < -0.3 is 10.1 Å². The molecule has 6 heteroatoms. The minimum absolute atomic E-state index is 0.0514. The lowest BCUT2D eigenvalue weighted by Crippen LogP contribution is -2.26. The average Bonchev–Trinajstić information content (AvgIpc) is 3.38. The molecule has 2 aliphatic carbocycles. The molecule has 0 amide bonds. The normalized spacial score (nSPS) is 25.5. The van der Waals surface area contributed by atoms with Crippen molar-refractivity contribution in [3.63, 3.8) is 0 Å². The minimum atomic E-state index is -0.0514. The number of imidazole rings is 1. The maximum absolute atomic E-state index is 11.9. The molecule has 6 nitrogen and oxygen atoms in total. The van der Waals surface area contributed by atoms with Gasteiger partial charge in [0, 0.05) is 18.5 Å². The van der Waals surface area contributed by atoms with E-state index in [1.54, 1.807) is 0 Å². The quantitative estimate of drug-likeness (QED) is 0.829. The lowest BCUT2D eigenvalue weighted by atomic mass is 9.78. The van der Waals surface area contributed by atoms with Gasteiger partial charge in [0.1, 0.15) is 0 Å². The monoisotopic (exact) mass is 380 g/mol. The molecule has 3 heterocycles. The first-order valence-electron chi connectivity index (χ1n) is 10.6. The summed E-state index contributed by atoms with van der Waals surface area (Å²) >= 11 is 0. The maximum atomic E-state index is 11.9. The van der Waals surface area contributed by atoms with Crippen LogP contribution < -0.4 is 5.32 Å². The number of methoxy groups -OCH3 is 1. The van der Waals surface area contributed by atoms with Crippen LogP contribution in [0.2, 0.25) is 0 Å². The van der Waals surface area contributed by atoms with Crippen molar-refractivity contribution >= 4 is 17.2 Å². The first kappa shape index (κ1) is 17.9. The molecule has 0 spiro atoms. The van der Waals surface area contributed by atoms with Crippen LogP contribution in [0.5, 0.6) is 0 Å². The molecule has 1 saturated heterocycles. The molecule has 148 valence electrons. The van der Waals surface area contributed by atoms with Crippen molar-refractivity contribution in [2.24, 2.45) is 11.8 Å². The van der Waals surface area contributed by atoms with Crippen molar-refractivity contribution in [1.29, 1.82) is 0 Å². The molecule has 5 rings (SSSR count). The van der Waals surface area contributed by atoms with Gasteiger partial charge in [-0.15, -0.1) is 0 Å². The molecular weight excluding hydrogens is 352 g/mol. The lowest BCUT2D eigenvalue weighted by molar-refractivity contribution is -0.146. The van der Waals surface area contributed by atoms with E-state index in [1.807, 2.05) is 6.20 Å². The van der Waals surface area contributed by atoms with E-state index in [-0.39, 0.29) is 11.9 Å². The van der Waals surface area contributed by atoms with Crippen molar-refractivity contribution in [1.82, 2.24) is 19.7 Å². The first-order chi connectivity index (χ1) is 13.7. The molecule has 1 aliphatic heterocycles. The molecule has 0 radical (unpaired) electrons. The second kappa shape index (κ2) is 7.32. The summed E-state index contributed by atoms with van der Waals surface area (Å²) in [7, 11) is 1.49. The number of ether oxygens (including phenoxy) is 1. The Hall–Kier alpha value is -2.21. The van der Waals surface area contributed by atoms with E-state index in [1.165, 1.54) is 24.1 Å². The van der Waals surface area contributed by atoms with E-state index in [9.17, 15) is 4.79 Å². The summed E-state index contributed by atoms with van der Waals surface area (Å²) in [6.07, 6.45) is 13.6. The Kier molecular flexibility index (Phi) is 4.67. The third kappa shape index (κ3) is 3.04. The van der Waals surface area contributed by atoms with Crippen molar-refractivity contribution in [2.45, 2.75) is 50.9 Å². The Labute approximate surface area is 165 Å². The SMILES string of the molecule is COC(=O)C1CCC(C2=CCc3ncc4nc(C5CCNCC5)cn4c32)CC1. The Morgan fingerprint density at radius 3 is 2.68 bits per heavy atom. The number of hydrogen-bond acceptors (Lipinski definition) is 5. The molecule has 2 fully saturated rings. The van der Waals surface area contributed by atoms with Crippen molar-refractivity contribution < 1.29 is 9.53 Å². The van der Waals surface area contributed by atoms with Crippen molar-refractivity contribution in [3.05, 3.63) is 35.6 Å². The fourth-order valence-corrected chi connectivity index (χ4v) is 5.26. The van der Waals surface area contributed by atoms with E-state index in [4.69, 9.17) is 14.7 Å². The van der Waals surface area contributed by atoms with Crippen LogP contribution in [0.4, 0.5) is 0 Å². The number of carbonyl (C=O) groups is 1. The molecule has 0 bridgehead atoms. The number of hydrogen-bond donors (Lipinski definition) is 1. The molecule has 3 aliphatic rings. The smallest absolute Gasteiger partial charge is 0.308 e. The molecule has 0 atom stereocenters. The fourth-order valence-electron chi connectivity index (χ4n) is 5.26. The van der Waals surface area contributed by atoms with Crippen LogP contribution >= 0.6 is 0 Å². The van der Waals surface area contributed by atoms with Gasteiger partial charge in [0.25, 0.3) is 0 Å². The van der Waals surface area contributed by atoms with Crippen molar-refractivity contribution in [2.75, 3.05) is 20.2 Å². The Morgan fingerprint density at radius 1 is 1.14 bits per heavy atom. The number of esters is 1. The highest BCUT2D eigenvalue weighted by Gasteiger charge is 2.32. The van der Waals surface area contributed by atoms with Gasteiger partial charge in [0.05, 0.1) is 36.3 Å². The first-order valence-corrected chi connectivity index (χ1v) is 10.6. The van der Waals surface area contributed by atoms with Crippen molar-refractivity contribution in [3.8, 4) is 0 Å². The topological polar surface area (TPSA) is 68.5 Å².